The molecule has 19 heavy (non-hydrogen) atoms. The molecule has 1 aromatic rings. The van der Waals surface area contributed by atoms with Crippen LogP contribution >= 0.6 is 0 Å². The van der Waals surface area contributed by atoms with Gasteiger partial charge in [0, 0.05) is 37.9 Å². The summed E-state index contributed by atoms with van der Waals surface area (Å²) in [5.41, 5.74) is 1.13. The molecule has 1 atom stereocenters. The van der Waals surface area contributed by atoms with Gasteiger partial charge in [0.15, 0.2) is 0 Å². The molecule has 0 saturated carbocycles. The molecule has 1 N–H and O–H groups in total. The first kappa shape index (κ1) is 13.7. The number of ether oxygens (including phenoxy) is 1. The third kappa shape index (κ3) is 3.17. The second kappa shape index (κ2) is 5.93. The van der Waals surface area contributed by atoms with Crippen molar-refractivity contribution in [2.75, 3.05) is 38.2 Å². The summed E-state index contributed by atoms with van der Waals surface area (Å²) in [6, 6.07) is 7.55. The van der Waals surface area contributed by atoms with Crippen LogP contribution in [0.25, 0.3) is 0 Å². The van der Waals surface area contributed by atoms with Crippen molar-refractivity contribution in [3.8, 4) is 5.75 Å². The Morgan fingerprint density at radius 1 is 1.32 bits per heavy atom. The van der Waals surface area contributed by atoms with Crippen molar-refractivity contribution >= 4 is 11.7 Å². The van der Waals surface area contributed by atoms with Gasteiger partial charge >= 0.3 is 5.97 Å². The molecule has 0 bridgehead atoms. The van der Waals surface area contributed by atoms with Crippen LogP contribution in [0.5, 0.6) is 5.75 Å². The summed E-state index contributed by atoms with van der Waals surface area (Å²) in [6.45, 7) is 4.95. The number of benzene rings is 1. The number of carboxylic acid groups (broad SMARTS) is 1. The molecule has 0 radical (unpaired) electrons. The Labute approximate surface area is 113 Å². The highest BCUT2D eigenvalue weighted by Crippen LogP contribution is 2.22. The highest BCUT2D eigenvalue weighted by Gasteiger charge is 2.25. The molecule has 104 valence electrons. The Morgan fingerprint density at radius 3 is 2.58 bits per heavy atom. The van der Waals surface area contributed by atoms with E-state index in [-0.39, 0.29) is 0 Å². The Balaban J connectivity index is 1.97. The van der Waals surface area contributed by atoms with E-state index in [9.17, 15) is 4.79 Å². The Morgan fingerprint density at radius 2 is 2.00 bits per heavy atom. The van der Waals surface area contributed by atoms with Gasteiger partial charge in [-0.25, -0.2) is 0 Å². The van der Waals surface area contributed by atoms with E-state index in [4.69, 9.17) is 9.84 Å². The topological polar surface area (TPSA) is 53.0 Å². The van der Waals surface area contributed by atoms with Crippen molar-refractivity contribution < 1.29 is 14.6 Å². The van der Waals surface area contributed by atoms with Gasteiger partial charge in [0.1, 0.15) is 11.8 Å². The largest absolute Gasteiger partial charge is 0.497 e. The van der Waals surface area contributed by atoms with Crippen LogP contribution in [-0.2, 0) is 4.79 Å². The van der Waals surface area contributed by atoms with Crippen molar-refractivity contribution in [3.05, 3.63) is 24.3 Å². The second-order valence-corrected chi connectivity index (χ2v) is 4.74. The first-order valence-corrected chi connectivity index (χ1v) is 6.47. The molecule has 5 nitrogen and oxygen atoms in total. The first-order chi connectivity index (χ1) is 9.11. The number of rotatable bonds is 4. The molecule has 0 spiro atoms. The first-order valence-electron chi connectivity index (χ1n) is 6.47. The number of aliphatic carboxylic acids is 1. The number of carboxylic acids is 1. The maximum atomic E-state index is 11.0. The van der Waals surface area contributed by atoms with Crippen LogP contribution in [-0.4, -0.2) is 55.3 Å². The lowest BCUT2D eigenvalue weighted by molar-refractivity contribution is -0.142. The average Bonchev–Trinajstić information content (AvgIpc) is 2.46. The van der Waals surface area contributed by atoms with Crippen molar-refractivity contribution in [1.82, 2.24) is 4.90 Å². The Bertz CT molecular complexity index is 442. The minimum atomic E-state index is -0.755. The number of nitrogens with zero attached hydrogens (tertiary/aromatic N) is 2. The van der Waals surface area contributed by atoms with Crippen molar-refractivity contribution in [1.29, 1.82) is 0 Å². The predicted octanol–water partition coefficient (Wildman–Crippen LogP) is 1.29. The maximum absolute atomic E-state index is 11.0. The summed E-state index contributed by atoms with van der Waals surface area (Å²) >= 11 is 0. The van der Waals surface area contributed by atoms with Crippen molar-refractivity contribution in [2.45, 2.75) is 13.0 Å². The van der Waals surface area contributed by atoms with Crippen LogP contribution < -0.4 is 9.64 Å². The molecule has 0 amide bonds. The number of anilines is 1. The molecule has 0 aromatic heterocycles. The lowest BCUT2D eigenvalue weighted by atomic mass is 10.2. The molecular weight excluding hydrogens is 244 g/mol. The lowest BCUT2D eigenvalue weighted by Gasteiger charge is -2.37. The van der Waals surface area contributed by atoms with Crippen LogP contribution in [0.3, 0.4) is 0 Å². The fraction of sp³-hybridized carbons (Fsp3) is 0.500. The minimum Gasteiger partial charge on any atom is -0.497 e. The minimum absolute atomic E-state index is 0.410. The molecule has 1 aliphatic heterocycles. The van der Waals surface area contributed by atoms with Gasteiger partial charge in [0.05, 0.1) is 7.11 Å². The summed E-state index contributed by atoms with van der Waals surface area (Å²) in [4.78, 5) is 15.2. The van der Waals surface area contributed by atoms with Gasteiger partial charge in [-0.3, -0.25) is 9.69 Å². The van der Waals surface area contributed by atoms with E-state index in [2.05, 4.69) is 11.0 Å². The molecule has 0 unspecified atom stereocenters. The second-order valence-electron chi connectivity index (χ2n) is 4.74. The van der Waals surface area contributed by atoms with Gasteiger partial charge in [-0.15, -0.1) is 0 Å². The number of carbonyl (C=O) groups is 1. The van der Waals surface area contributed by atoms with E-state index >= 15 is 0 Å². The summed E-state index contributed by atoms with van der Waals surface area (Å²) in [7, 11) is 1.66. The summed E-state index contributed by atoms with van der Waals surface area (Å²) in [6.07, 6.45) is 0. The van der Waals surface area contributed by atoms with Gasteiger partial charge in [-0.1, -0.05) is 6.07 Å². The molecule has 1 fully saturated rings. The van der Waals surface area contributed by atoms with Crippen LogP contribution in [0, 0.1) is 0 Å². The monoisotopic (exact) mass is 264 g/mol. The van der Waals surface area contributed by atoms with Gasteiger partial charge in [0.2, 0.25) is 0 Å². The number of hydrogen-bond donors (Lipinski definition) is 1. The van der Waals surface area contributed by atoms with E-state index in [1.165, 1.54) is 0 Å². The lowest BCUT2D eigenvalue weighted by Crippen LogP contribution is -2.51. The highest BCUT2D eigenvalue weighted by molar-refractivity contribution is 5.73. The fourth-order valence-electron chi connectivity index (χ4n) is 2.33. The molecule has 5 heteroatoms. The fourth-order valence-corrected chi connectivity index (χ4v) is 2.33. The zero-order valence-electron chi connectivity index (χ0n) is 11.4. The molecule has 2 rings (SSSR count). The number of piperazine rings is 1. The standard InChI is InChI=1S/C14H20N2O3/c1-11(14(17)18)15-6-8-16(9-7-15)12-4-3-5-13(10-12)19-2/h3-5,10-11H,6-9H2,1-2H3,(H,17,18)/t11-/m0/s1. The summed E-state index contributed by atoms with van der Waals surface area (Å²) in [5.74, 6) is 0.0914. The quantitative estimate of drug-likeness (QED) is 0.888. The molecule has 1 aliphatic rings. The van der Waals surface area contributed by atoms with E-state index in [0.29, 0.717) is 0 Å². The third-order valence-electron chi connectivity index (χ3n) is 3.64. The van der Waals surface area contributed by atoms with Crippen LogP contribution in [0.2, 0.25) is 0 Å². The van der Waals surface area contributed by atoms with E-state index in [1.807, 2.05) is 23.1 Å². The van der Waals surface area contributed by atoms with Crippen LogP contribution in [0.15, 0.2) is 24.3 Å². The molecule has 0 aliphatic carbocycles. The summed E-state index contributed by atoms with van der Waals surface area (Å²) in [5, 5.41) is 9.01. The predicted molar refractivity (Wildman–Crippen MR) is 73.9 cm³/mol. The molecule has 1 aromatic carbocycles. The average molecular weight is 264 g/mol. The van der Waals surface area contributed by atoms with Crippen LogP contribution in [0.1, 0.15) is 6.92 Å². The Kier molecular flexibility index (Phi) is 4.27. The zero-order chi connectivity index (χ0) is 13.8. The van der Waals surface area contributed by atoms with E-state index in [0.717, 1.165) is 37.6 Å². The van der Waals surface area contributed by atoms with Crippen molar-refractivity contribution in [2.24, 2.45) is 0 Å². The normalized spacial score (nSPS) is 18.1. The van der Waals surface area contributed by atoms with Gasteiger partial charge < -0.3 is 14.7 Å². The maximum Gasteiger partial charge on any atom is 0.320 e. The Hall–Kier alpha value is -1.75. The van der Waals surface area contributed by atoms with E-state index in [1.54, 1.807) is 14.0 Å². The summed E-state index contributed by atoms with van der Waals surface area (Å²) < 4.78 is 5.22. The molecule has 1 saturated heterocycles. The van der Waals surface area contributed by atoms with Gasteiger partial charge in [-0.2, -0.15) is 0 Å². The highest BCUT2D eigenvalue weighted by atomic mass is 16.5. The van der Waals surface area contributed by atoms with Crippen LogP contribution in [0.4, 0.5) is 5.69 Å². The smallest absolute Gasteiger partial charge is 0.320 e. The zero-order valence-corrected chi connectivity index (χ0v) is 11.4. The van der Waals surface area contributed by atoms with E-state index < -0.39 is 12.0 Å². The number of methoxy groups -OCH3 is 1. The van der Waals surface area contributed by atoms with Crippen molar-refractivity contribution in [3.63, 3.8) is 0 Å². The molecule has 1 heterocycles. The SMILES string of the molecule is COc1cccc(N2CCN([C@@H](C)C(=O)O)CC2)c1. The van der Waals surface area contributed by atoms with Gasteiger partial charge in [0.25, 0.3) is 0 Å². The van der Waals surface area contributed by atoms with Gasteiger partial charge in [-0.05, 0) is 19.1 Å². The third-order valence-corrected chi connectivity index (χ3v) is 3.64. The number of hydrogen-bond acceptors (Lipinski definition) is 4. The molecular formula is C14H20N2O3.